The zero-order valence-electron chi connectivity index (χ0n) is 18.5. The summed E-state index contributed by atoms with van der Waals surface area (Å²) in [5.74, 6) is -0.340. The summed E-state index contributed by atoms with van der Waals surface area (Å²) in [6, 6.07) is 7.21. The summed E-state index contributed by atoms with van der Waals surface area (Å²) in [5.41, 5.74) is 0.210. The van der Waals surface area contributed by atoms with E-state index in [4.69, 9.17) is 40.0 Å². The van der Waals surface area contributed by atoms with E-state index < -0.39 is 30.2 Å². The van der Waals surface area contributed by atoms with Crippen molar-refractivity contribution in [2.45, 2.75) is 19.4 Å². The Labute approximate surface area is 192 Å². The summed E-state index contributed by atoms with van der Waals surface area (Å²) in [4.78, 5) is 36.4. The Morgan fingerprint density at radius 2 is 1.50 bits per heavy atom. The summed E-state index contributed by atoms with van der Waals surface area (Å²) in [5, 5.41) is 2.47. The average Bonchev–Trinajstić information content (AvgIpc) is 2.80. The maximum atomic E-state index is 12.8. The summed E-state index contributed by atoms with van der Waals surface area (Å²) < 4.78 is 29.9. The molecule has 0 radical (unpaired) electrons. The topological polar surface area (TPSA) is 119 Å². The van der Waals surface area contributed by atoms with Crippen LogP contribution in [0.4, 0.5) is 9.59 Å². The van der Waals surface area contributed by atoms with E-state index in [-0.39, 0.29) is 33.0 Å². The molecule has 0 aliphatic carbocycles. The second-order valence-electron chi connectivity index (χ2n) is 6.96. The normalized spacial score (nSPS) is 12.4. The Morgan fingerprint density at radius 3 is 2.12 bits per heavy atom. The van der Waals surface area contributed by atoms with Crippen LogP contribution in [0.5, 0.6) is 0 Å². The van der Waals surface area contributed by atoms with E-state index in [0.29, 0.717) is 12.5 Å². The Balaban J connectivity index is 2.71. The van der Waals surface area contributed by atoms with Gasteiger partial charge in [-0.15, -0.1) is 11.6 Å². The zero-order valence-corrected chi connectivity index (χ0v) is 19.3. The molecule has 1 atom stereocenters. The molecule has 0 fully saturated rings. The van der Waals surface area contributed by atoms with Gasteiger partial charge < -0.3 is 33.7 Å². The molecule has 0 aromatic heterocycles. The van der Waals surface area contributed by atoms with Crippen LogP contribution in [0.15, 0.2) is 24.3 Å². The molecular weight excluding hydrogens is 446 g/mol. The van der Waals surface area contributed by atoms with Gasteiger partial charge in [0.15, 0.2) is 0 Å². The molecule has 180 valence electrons. The highest BCUT2D eigenvalue weighted by Gasteiger charge is 2.39. The number of benzene rings is 1. The maximum absolute atomic E-state index is 12.8. The van der Waals surface area contributed by atoms with Crippen molar-refractivity contribution in [2.24, 2.45) is 5.41 Å². The molecule has 32 heavy (non-hydrogen) atoms. The highest BCUT2D eigenvalue weighted by Crippen LogP contribution is 2.22. The number of alkyl halides is 1. The lowest BCUT2D eigenvalue weighted by Gasteiger charge is -2.26. The fourth-order valence-corrected chi connectivity index (χ4v) is 2.38. The zero-order chi connectivity index (χ0) is 23.8. The van der Waals surface area contributed by atoms with E-state index in [1.807, 2.05) is 12.1 Å². The number of carbonyl (C=O) groups is 3. The fourth-order valence-electron chi connectivity index (χ4n) is 2.21. The highest BCUT2D eigenvalue weighted by molar-refractivity contribution is 6.17. The number of halogens is 1. The van der Waals surface area contributed by atoms with Gasteiger partial charge in [-0.25, -0.2) is 9.59 Å². The molecule has 1 aromatic carbocycles. The lowest BCUT2D eigenvalue weighted by molar-refractivity contribution is -0.162. The maximum Gasteiger partial charge on any atom is 0.508 e. The number of hydrogen-bond donors (Lipinski definition) is 1. The number of carbonyl (C=O) groups excluding carboxylic acids is 3. The Bertz CT molecular complexity index is 686. The highest BCUT2D eigenvalue weighted by atomic mass is 35.5. The van der Waals surface area contributed by atoms with E-state index in [0.717, 1.165) is 11.1 Å². The molecule has 0 spiro atoms. The Kier molecular flexibility index (Phi) is 13.1. The van der Waals surface area contributed by atoms with Gasteiger partial charge in [-0.3, -0.25) is 4.79 Å². The monoisotopic (exact) mass is 475 g/mol. The molecule has 1 amide bonds. The fraction of sp³-hybridized carbons (Fsp3) is 0.571. The first-order valence-electron chi connectivity index (χ1n) is 9.83. The molecule has 1 aromatic rings. The number of ether oxygens (including phenoxy) is 6. The largest absolute Gasteiger partial charge is 0.508 e. The van der Waals surface area contributed by atoms with Crippen LogP contribution in [0.2, 0.25) is 0 Å². The second-order valence-corrected chi connectivity index (χ2v) is 7.23. The summed E-state index contributed by atoms with van der Waals surface area (Å²) in [6.45, 7) is 1.35. The molecule has 1 unspecified atom stereocenters. The van der Waals surface area contributed by atoms with Crippen LogP contribution in [0, 0.1) is 5.41 Å². The first-order valence-corrected chi connectivity index (χ1v) is 10.4. The minimum Gasteiger partial charge on any atom is -0.460 e. The van der Waals surface area contributed by atoms with Crippen LogP contribution in [-0.4, -0.2) is 72.0 Å². The van der Waals surface area contributed by atoms with E-state index in [1.54, 1.807) is 12.1 Å². The van der Waals surface area contributed by atoms with Crippen molar-refractivity contribution in [3.63, 3.8) is 0 Å². The summed E-state index contributed by atoms with van der Waals surface area (Å²) in [6.07, 6.45) is -1.73. The third-order valence-electron chi connectivity index (χ3n) is 4.15. The second kappa shape index (κ2) is 15.3. The van der Waals surface area contributed by atoms with Crippen molar-refractivity contribution in [2.75, 3.05) is 53.8 Å². The number of hydrogen-bond acceptors (Lipinski definition) is 9. The molecule has 0 heterocycles. The number of esters is 1. The minimum atomic E-state index is -1.46. The minimum absolute atomic E-state index is 0.00675. The number of alkyl carbamates (subject to hydrolysis) is 1. The first-order chi connectivity index (χ1) is 15.3. The van der Waals surface area contributed by atoms with E-state index in [2.05, 4.69) is 5.32 Å². The summed E-state index contributed by atoms with van der Waals surface area (Å²) in [7, 11) is 2.95. The van der Waals surface area contributed by atoms with Gasteiger partial charge in [0, 0.05) is 26.6 Å². The lowest BCUT2D eigenvalue weighted by atomic mass is 9.93. The Hall–Kier alpha value is -2.56. The standard InChI is InChI=1S/C21H30ClNO9/c1-21(14-31-19(25)23-8-9-27-2,15-32-20(26)29-11-10-28-3)18(24)30-13-17-6-4-16(12-22)5-7-17/h4-7H,8-15H2,1-3H3,(H,23,25). The quantitative estimate of drug-likeness (QED) is 0.187. The molecule has 11 heteroatoms. The van der Waals surface area contributed by atoms with Gasteiger partial charge in [0.2, 0.25) is 0 Å². The predicted octanol–water partition coefficient (Wildman–Crippen LogP) is 2.65. The van der Waals surface area contributed by atoms with Gasteiger partial charge >= 0.3 is 18.2 Å². The van der Waals surface area contributed by atoms with Crippen molar-refractivity contribution in [3.05, 3.63) is 35.4 Å². The molecule has 1 N–H and O–H groups in total. The van der Waals surface area contributed by atoms with Crippen LogP contribution in [0.25, 0.3) is 0 Å². The van der Waals surface area contributed by atoms with E-state index in [9.17, 15) is 14.4 Å². The van der Waals surface area contributed by atoms with E-state index in [1.165, 1.54) is 21.1 Å². The Morgan fingerprint density at radius 1 is 0.875 bits per heavy atom. The van der Waals surface area contributed by atoms with Crippen molar-refractivity contribution in [3.8, 4) is 0 Å². The van der Waals surface area contributed by atoms with Crippen molar-refractivity contribution < 1.29 is 42.8 Å². The molecule has 0 saturated carbocycles. The molecule has 0 bridgehead atoms. The molecule has 1 rings (SSSR count). The van der Waals surface area contributed by atoms with Crippen LogP contribution in [-0.2, 0) is 45.7 Å². The molecule has 10 nitrogen and oxygen atoms in total. The number of rotatable bonds is 14. The average molecular weight is 476 g/mol. The SMILES string of the molecule is COCCNC(=O)OCC(C)(COC(=O)OCCOC)C(=O)OCc1ccc(CCl)cc1. The predicted molar refractivity (Wildman–Crippen MR) is 114 cm³/mol. The van der Waals surface area contributed by atoms with Crippen LogP contribution in [0.3, 0.4) is 0 Å². The molecule has 0 saturated heterocycles. The van der Waals surface area contributed by atoms with Gasteiger partial charge in [0.1, 0.15) is 31.8 Å². The van der Waals surface area contributed by atoms with Gasteiger partial charge in [0.05, 0.1) is 13.2 Å². The number of amides is 1. The van der Waals surface area contributed by atoms with Gasteiger partial charge in [-0.2, -0.15) is 0 Å². The van der Waals surface area contributed by atoms with Crippen LogP contribution in [0.1, 0.15) is 18.1 Å². The van der Waals surface area contributed by atoms with Gasteiger partial charge in [-0.1, -0.05) is 24.3 Å². The molecule has 0 aliphatic rings. The lowest BCUT2D eigenvalue weighted by Crippen LogP contribution is -2.42. The first kappa shape index (κ1) is 27.5. The van der Waals surface area contributed by atoms with Crippen LogP contribution >= 0.6 is 11.6 Å². The summed E-state index contributed by atoms with van der Waals surface area (Å²) >= 11 is 5.77. The molecule has 0 aliphatic heterocycles. The van der Waals surface area contributed by atoms with Crippen molar-refractivity contribution in [1.29, 1.82) is 0 Å². The van der Waals surface area contributed by atoms with Gasteiger partial charge in [-0.05, 0) is 18.1 Å². The molecular formula is C21H30ClNO9. The third kappa shape index (κ3) is 10.7. The van der Waals surface area contributed by atoms with Crippen molar-refractivity contribution >= 4 is 29.8 Å². The van der Waals surface area contributed by atoms with E-state index >= 15 is 0 Å². The number of methoxy groups -OCH3 is 2. The smallest absolute Gasteiger partial charge is 0.460 e. The van der Waals surface area contributed by atoms with Crippen molar-refractivity contribution in [1.82, 2.24) is 5.32 Å². The number of nitrogens with one attached hydrogen (secondary N) is 1. The third-order valence-corrected chi connectivity index (χ3v) is 4.46. The van der Waals surface area contributed by atoms with Crippen LogP contribution < -0.4 is 5.32 Å². The van der Waals surface area contributed by atoms with Gasteiger partial charge in [0.25, 0.3) is 0 Å².